The smallest absolute Gasteiger partial charge is 0.249 e. The molecule has 0 amide bonds. The largest absolute Gasteiger partial charge is 0.355 e. The van der Waals surface area contributed by atoms with Crippen molar-refractivity contribution >= 4 is 17.5 Å². The van der Waals surface area contributed by atoms with Crippen LogP contribution >= 0.6 is 0 Å². The van der Waals surface area contributed by atoms with Crippen molar-refractivity contribution in [3.63, 3.8) is 0 Å². The van der Waals surface area contributed by atoms with Crippen LogP contribution in [0.5, 0.6) is 0 Å². The Kier molecular flexibility index (Phi) is 5.69. The van der Waals surface area contributed by atoms with Crippen molar-refractivity contribution in [2.75, 3.05) is 23.3 Å². The lowest BCUT2D eigenvalue weighted by Crippen LogP contribution is -2.26. The summed E-state index contributed by atoms with van der Waals surface area (Å²) >= 11 is 0. The van der Waals surface area contributed by atoms with Crippen LogP contribution in [0.15, 0.2) is 24.4 Å². The van der Waals surface area contributed by atoms with Crippen LogP contribution in [0.4, 0.5) is 17.5 Å². The fourth-order valence-corrected chi connectivity index (χ4v) is 2.37. The predicted molar refractivity (Wildman–Crippen MR) is 91.8 cm³/mol. The number of hydrogen-bond acceptors (Lipinski definition) is 5. The first-order chi connectivity index (χ1) is 10.6. The number of benzene rings is 1. The van der Waals surface area contributed by atoms with E-state index in [2.05, 4.69) is 71.3 Å². The predicted octanol–water partition coefficient (Wildman–Crippen LogP) is 3.86. The molecule has 2 rings (SSSR count). The van der Waals surface area contributed by atoms with Gasteiger partial charge in [-0.1, -0.05) is 26.0 Å². The molecule has 22 heavy (non-hydrogen) atoms. The van der Waals surface area contributed by atoms with Gasteiger partial charge in [-0.05, 0) is 43.9 Å². The molecule has 0 bridgehead atoms. The lowest BCUT2D eigenvalue weighted by molar-refractivity contribution is 0.728. The van der Waals surface area contributed by atoms with Crippen molar-refractivity contribution in [3.8, 4) is 0 Å². The van der Waals surface area contributed by atoms with Crippen LogP contribution in [0.1, 0.15) is 37.8 Å². The summed E-state index contributed by atoms with van der Waals surface area (Å²) in [6, 6.07) is 6.29. The second-order valence-corrected chi connectivity index (χ2v) is 5.57. The van der Waals surface area contributed by atoms with Crippen molar-refractivity contribution in [3.05, 3.63) is 35.5 Å². The van der Waals surface area contributed by atoms with Gasteiger partial charge in [0.05, 0.1) is 6.20 Å². The van der Waals surface area contributed by atoms with E-state index in [-0.39, 0.29) is 0 Å². The first-order valence-electron chi connectivity index (χ1n) is 7.93. The van der Waals surface area contributed by atoms with Crippen molar-refractivity contribution < 1.29 is 0 Å². The summed E-state index contributed by atoms with van der Waals surface area (Å²) in [6.45, 7) is 10.5. The minimum Gasteiger partial charge on any atom is -0.355 e. The van der Waals surface area contributed by atoms with E-state index >= 15 is 0 Å². The third kappa shape index (κ3) is 4.16. The third-order valence-corrected chi connectivity index (χ3v) is 3.50. The van der Waals surface area contributed by atoms with Crippen LogP contribution in [0.3, 0.4) is 0 Å². The van der Waals surface area contributed by atoms with Crippen molar-refractivity contribution in [2.45, 2.75) is 40.5 Å². The van der Waals surface area contributed by atoms with Gasteiger partial charge in [-0.3, -0.25) is 0 Å². The minimum absolute atomic E-state index is 0.545. The van der Waals surface area contributed by atoms with E-state index in [9.17, 15) is 0 Å². The Morgan fingerprint density at radius 2 is 1.82 bits per heavy atom. The molecule has 1 aromatic heterocycles. The molecule has 0 aliphatic heterocycles. The number of nitrogens with zero attached hydrogens (tertiary/aromatic N) is 4. The molecule has 2 aromatic rings. The average Bonchev–Trinajstić information content (AvgIpc) is 2.51. The fraction of sp³-hybridized carbons (Fsp3) is 0.471. The van der Waals surface area contributed by atoms with Crippen molar-refractivity contribution in [2.24, 2.45) is 0 Å². The Morgan fingerprint density at radius 1 is 1.09 bits per heavy atom. The maximum Gasteiger partial charge on any atom is 0.249 e. The number of rotatable bonds is 7. The van der Waals surface area contributed by atoms with Crippen LogP contribution in [0, 0.1) is 13.8 Å². The molecule has 1 N–H and O–H groups in total. The Bertz CT molecular complexity index is 606. The highest BCUT2D eigenvalue weighted by molar-refractivity contribution is 5.59. The summed E-state index contributed by atoms with van der Waals surface area (Å²) in [5.74, 6) is 1.43. The highest BCUT2D eigenvalue weighted by Gasteiger charge is 2.09. The third-order valence-electron chi connectivity index (χ3n) is 3.50. The lowest BCUT2D eigenvalue weighted by atomic mass is 10.1. The molecule has 0 radical (unpaired) electrons. The number of aryl methyl sites for hydroxylation is 2. The molecule has 0 fully saturated rings. The maximum absolute atomic E-state index is 4.62. The van der Waals surface area contributed by atoms with Crippen LogP contribution < -0.4 is 10.2 Å². The van der Waals surface area contributed by atoms with Crippen LogP contribution in [0.2, 0.25) is 0 Å². The highest BCUT2D eigenvalue weighted by Crippen LogP contribution is 2.20. The molecule has 0 unspecified atom stereocenters. The molecule has 1 aromatic carbocycles. The molecule has 0 saturated heterocycles. The molecular formula is C17H25N5. The van der Waals surface area contributed by atoms with E-state index in [1.165, 1.54) is 11.1 Å². The molecule has 0 aliphatic rings. The zero-order valence-corrected chi connectivity index (χ0v) is 13.9. The zero-order chi connectivity index (χ0) is 15.9. The van der Waals surface area contributed by atoms with Crippen LogP contribution in [-0.4, -0.2) is 28.3 Å². The van der Waals surface area contributed by atoms with E-state index < -0.39 is 0 Å². The standard InChI is InChI=1S/C17H25N5/c1-5-9-22(10-6-2)16-12-18-21-17(20-16)19-15-11-13(3)7-8-14(15)4/h7-8,11-12H,5-6,9-10H2,1-4H3,(H,19,20,21). The summed E-state index contributed by atoms with van der Waals surface area (Å²) in [5, 5.41) is 11.5. The summed E-state index contributed by atoms with van der Waals surface area (Å²) in [4.78, 5) is 6.87. The molecule has 5 nitrogen and oxygen atoms in total. The lowest BCUT2D eigenvalue weighted by Gasteiger charge is -2.22. The first kappa shape index (κ1) is 16.2. The number of hydrogen-bond donors (Lipinski definition) is 1. The van der Waals surface area contributed by atoms with Gasteiger partial charge < -0.3 is 10.2 Å². The SMILES string of the molecule is CCCN(CCC)c1cnnc(Nc2cc(C)ccc2C)n1. The fourth-order valence-electron chi connectivity index (χ4n) is 2.37. The van der Waals surface area contributed by atoms with Gasteiger partial charge in [0.25, 0.3) is 0 Å². The van der Waals surface area contributed by atoms with Gasteiger partial charge in [0, 0.05) is 18.8 Å². The molecule has 5 heteroatoms. The van der Waals surface area contributed by atoms with E-state index in [4.69, 9.17) is 0 Å². The Morgan fingerprint density at radius 3 is 2.50 bits per heavy atom. The van der Waals surface area contributed by atoms with Crippen molar-refractivity contribution in [1.29, 1.82) is 0 Å². The Hall–Kier alpha value is -2.17. The van der Waals surface area contributed by atoms with E-state index in [1.807, 2.05) is 0 Å². The summed E-state index contributed by atoms with van der Waals surface area (Å²) in [7, 11) is 0. The highest BCUT2D eigenvalue weighted by atomic mass is 15.3. The molecule has 0 atom stereocenters. The van der Waals surface area contributed by atoms with Crippen molar-refractivity contribution in [1.82, 2.24) is 15.2 Å². The van der Waals surface area contributed by atoms with Gasteiger partial charge in [0.1, 0.15) is 0 Å². The summed E-state index contributed by atoms with van der Waals surface area (Å²) in [5.41, 5.74) is 3.39. The first-order valence-corrected chi connectivity index (χ1v) is 7.93. The monoisotopic (exact) mass is 299 g/mol. The van der Waals surface area contributed by atoms with Gasteiger partial charge in [0.15, 0.2) is 5.82 Å². The quantitative estimate of drug-likeness (QED) is 0.841. The molecular weight excluding hydrogens is 274 g/mol. The van der Waals surface area contributed by atoms with Crippen LogP contribution in [-0.2, 0) is 0 Å². The second-order valence-electron chi connectivity index (χ2n) is 5.57. The zero-order valence-electron chi connectivity index (χ0n) is 13.9. The Balaban J connectivity index is 2.22. The van der Waals surface area contributed by atoms with Crippen LogP contribution in [0.25, 0.3) is 0 Å². The van der Waals surface area contributed by atoms with Gasteiger partial charge in [-0.15, -0.1) is 5.10 Å². The molecule has 0 saturated carbocycles. The molecule has 118 valence electrons. The average molecular weight is 299 g/mol. The number of anilines is 3. The van der Waals surface area contributed by atoms with Gasteiger partial charge in [-0.25, -0.2) is 0 Å². The normalized spacial score (nSPS) is 10.5. The van der Waals surface area contributed by atoms with Gasteiger partial charge in [-0.2, -0.15) is 10.1 Å². The Labute approximate surface area is 132 Å². The molecule has 0 aliphatic carbocycles. The second kappa shape index (κ2) is 7.73. The number of nitrogens with one attached hydrogen (secondary N) is 1. The molecule has 1 heterocycles. The van der Waals surface area contributed by atoms with E-state index in [1.54, 1.807) is 6.20 Å². The number of aromatic nitrogens is 3. The minimum atomic E-state index is 0.545. The van der Waals surface area contributed by atoms with Gasteiger partial charge in [0.2, 0.25) is 5.95 Å². The van der Waals surface area contributed by atoms with E-state index in [0.29, 0.717) is 5.95 Å². The van der Waals surface area contributed by atoms with Gasteiger partial charge >= 0.3 is 0 Å². The molecule has 0 spiro atoms. The van der Waals surface area contributed by atoms with E-state index in [0.717, 1.165) is 37.4 Å². The topological polar surface area (TPSA) is 53.9 Å². The maximum atomic E-state index is 4.62. The summed E-state index contributed by atoms with van der Waals surface area (Å²) in [6.07, 6.45) is 3.91. The summed E-state index contributed by atoms with van der Waals surface area (Å²) < 4.78 is 0.